The predicted molar refractivity (Wildman–Crippen MR) is 155 cm³/mol. The normalized spacial score (nSPS) is 11.2. The van der Waals surface area contributed by atoms with Crippen LogP contribution in [0.4, 0.5) is 15.9 Å². The van der Waals surface area contributed by atoms with Crippen molar-refractivity contribution in [2.75, 3.05) is 39.5 Å². The van der Waals surface area contributed by atoms with Crippen molar-refractivity contribution < 1.29 is 9.13 Å². The van der Waals surface area contributed by atoms with E-state index in [9.17, 15) is 4.39 Å². The summed E-state index contributed by atoms with van der Waals surface area (Å²) in [5, 5.41) is 16.8. The van der Waals surface area contributed by atoms with Crippen LogP contribution in [-0.2, 0) is 6.61 Å². The summed E-state index contributed by atoms with van der Waals surface area (Å²) in [5.74, 6) is 0.985. The first-order valence-corrected chi connectivity index (χ1v) is 12.6. The highest BCUT2D eigenvalue weighted by atomic mass is 35.5. The number of halogens is 2. The molecule has 0 aliphatic carbocycles. The van der Waals surface area contributed by atoms with Gasteiger partial charge in [0.1, 0.15) is 30.3 Å². The first kappa shape index (κ1) is 27.7. The number of hydrogen-bond donors (Lipinski definition) is 3. The summed E-state index contributed by atoms with van der Waals surface area (Å²) in [6.07, 6.45) is 3.13. The maximum absolute atomic E-state index is 13.4. The highest BCUT2D eigenvalue weighted by molar-refractivity contribution is 6.32. The third-order valence-corrected chi connectivity index (χ3v) is 6.08. The molecule has 39 heavy (non-hydrogen) atoms. The molecule has 0 saturated heterocycles. The number of nitrogens with one attached hydrogen (secondary N) is 3. The summed E-state index contributed by atoms with van der Waals surface area (Å²) < 4.78 is 19.2. The molecule has 0 saturated carbocycles. The summed E-state index contributed by atoms with van der Waals surface area (Å²) in [4.78, 5) is 12.6. The predicted octanol–water partition coefficient (Wildman–Crippen LogP) is 5.10. The van der Waals surface area contributed by atoms with Gasteiger partial charge in [-0.25, -0.2) is 19.8 Å². The van der Waals surface area contributed by atoms with Crippen molar-refractivity contribution in [3.8, 4) is 5.75 Å². The van der Waals surface area contributed by atoms with E-state index >= 15 is 0 Å². The second kappa shape index (κ2) is 13.0. The van der Waals surface area contributed by atoms with E-state index in [0.717, 1.165) is 23.0 Å². The van der Waals surface area contributed by atoms with Gasteiger partial charge in [-0.1, -0.05) is 29.8 Å². The maximum Gasteiger partial charge on any atom is 0.211 e. The van der Waals surface area contributed by atoms with Crippen molar-refractivity contribution in [1.29, 1.82) is 5.41 Å². The molecule has 0 amide bonds. The highest BCUT2D eigenvalue weighted by Gasteiger charge is 2.09. The van der Waals surface area contributed by atoms with Crippen molar-refractivity contribution in [2.24, 2.45) is 5.10 Å². The number of aromatic nitrogens is 2. The van der Waals surface area contributed by atoms with E-state index < -0.39 is 0 Å². The van der Waals surface area contributed by atoms with Gasteiger partial charge in [0, 0.05) is 31.2 Å². The Morgan fingerprint density at radius 3 is 2.69 bits per heavy atom. The Bertz CT molecular complexity index is 1480. The summed E-state index contributed by atoms with van der Waals surface area (Å²) in [7, 11) is 5.82. The van der Waals surface area contributed by atoms with E-state index in [1.165, 1.54) is 18.5 Å². The average Bonchev–Trinajstić information content (AvgIpc) is 2.91. The van der Waals surface area contributed by atoms with Crippen LogP contribution in [0.2, 0.25) is 5.02 Å². The largest absolute Gasteiger partial charge is 0.487 e. The third-order valence-electron chi connectivity index (χ3n) is 5.79. The molecule has 202 valence electrons. The van der Waals surface area contributed by atoms with E-state index in [-0.39, 0.29) is 18.4 Å². The molecular formula is C28H30ClFN8O. The number of ether oxygens (including phenoxy) is 1. The van der Waals surface area contributed by atoms with Crippen LogP contribution in [-0.4, -0.2) is 66.2 Å². The molecule has 0 unspecified atom stereocenters. The van der Waals surface area contributed by atoms with Crippen molar-refractivity contribution in [1.82, 2.24) is 25.2 Å². The molecule has 0 aliphatic heterocycles. The van der Waals surface area contributed by atoms with Gasteiger partial charge in [0.2, 0.25) is 5.96 Å². The van der Waals surface area contributed by atoms with Crippen molar-refractivity contribution in [3.63, 3.8) is 0 Å². The van der Waals surface area contributed by atoms with Gasteiger partial charge < -0.3 is 19.9 Å². The van der Waals surface area contributed by atoms with Gasteiger partial charge in [-0.15, -0.1) is 0 Å². The minimum absolute atomic E-state index is 0.200. The lowest BCUT2D eigenvalue weighted by Gasteiger charge is -2.20. The van der Waals surface area contributed by atoms with Gasteiger partial charge in [0.05, 0.1) is 16.8 Å². The molecule has 1 heterocycles. The molecule has 0 bridgehead atoms. The first-order chi connectivity index (χ1) is 18.8. The maximum atomic E-state index is 13.4. The lowest BCUT2D eigenvalue weighted by atomic mass is 10.1. The fraction of sp³-hybridized carbons (Fsp3) is 0.214. The molecular weight excluding hydrogens is 519 g/mol. The standard InChI is InChI=1S/C28H30ClFN8O/c1-37(2)11-12-38(3)28(31)36-34-16-19-7-9-25-23(14-19)27(33-18-32-25)35-22-8-10-26(24(29)15-22)39-17-20-5-4-6-21(30)13-20/h4-10,13-16,18H,11-12,17H2,1-3H3,(H2,31,36)(H,32,33,35)/b34-16+. The lowest BCUT2D eigenvalue weighted by molar-refractivity contribution is 0.306. The van der Waals surface area contributed by atoms with Crippen LogP contribution in [0.5, 0.6) is 5.75 Å². The van der Waals surface area contributed by atoms with Gasteiger partial charge in [0.15, 0.2) is 0 Å². The molecule has 0 aliphatic rings. The molecule has 11 heteroatoms. The Morgan fingerprint density at radius 1 is 1.08 bits per heavy atom. The van der Waals surface area contributed by atoms with E-state index in [1.54, 1.807) is 35.4 Å². The minimum atomic E-state index is -0.313. The smallest absolute Gasteiger partial charge is 0.211 e. The van der Waals surface area contributed by atoms with Gasteiger partial charge in [-0.05, 0) is 67.7 Å². The van der Waals surface area contributed by atoms with Crippen molar-refractivity contribution in [3.05, 3.63) is 89.0 Å². The topological polar surface area (TPSA) is 102 Å². The molecule has 3 aromatic carbocycles. The van der Waals surface area contributed by atoms with E-state index in [2.05, 4.69) is 30.7 Å². The number of hydrazone groups is 1. The molecule has 0 fully saturated rings. The number of guanidine groups is 1. The number of likely N-dealkylation sites (N-methyl/N-ethyl adjacent to an activating group) is 2. The summed E-state index contributed by atoms with van der Waals surface area (Å²) in [6.45, 7) is 1.74. The Kier molecular flexibility index (Phi) is 9.24. The minimum Gasteiger partial charge on any atom is -0.487 e. The van der Waals surface area contributed by atoms with E-state index in [1.807, 2.05) is 45.4 Å². The second-order valence-electron chi connectivity index (χ2n) is 9.13. The van der Waals surface area contributed by atoms with Crippen LogP contribution in [0.1, 0.15) is 11.1 Å². The highest BCUT2D eigenvalue weighted by Crippen LogP contribution is 2.31. The van der Waals surface area contributed by atoms with Gasteiger partial charge in [-0.3, -0.25) is 5.41 Å². The van der Waals surface area contributed by atoms with Gasteiger partial charge in [-0.2, -0.15) is 5.10 Å². The Balaban J connectivity index is 1.43. The Morgan fingerprint density at radius 2 is 1.92 bits per heavy atom. The summed E-state index contributed by atoms with van der Waals surface area (Å²) in [5.41, 5.74) is 5.76. The molecule has 3 N–H and O–H groups in total. The molecule has 4 rings (SSSR count). The molecule has 0 spiro atoms. The van der Waals surface area contributed by atoms with Crippen LogP contribution < -0.4 is 15.5 Å². The fourth-order valence-corrected chi connectivity index (χ4v) is 3.82. The fourth-order valence-electron chi connectivity index (χ4n) is 3.59. The lowest BCUT2D eigenvalue weighted by Crippen LogP contribution is -2.39. The second-order valence-corrected chi connectivity index (χ2v) is 9.54. The number of nitrogens with zero attached hydrogens (tertiary/aromatic N) is 5. The Labute approximate surface area is 231 Å². The first-order valence-electron chi connectivity index (χ1n) is 12.2. The van der Waals surface area contributed by atoms with E-state index in [4.69, 9.17) is 21.7 Å². The zero-order valence-electron chi connectivity index (χ0n) is 21.9. The third kappa shape index (κ3) is 7.86. The molecule has 0 atom stereocenters. The van der Waals surface area contributed by atoms with Gasteiger partial charge in [0.25, 0.3) is 0 Å². The number of rotatable bonds is 10. The summed E-state index contributed by atoms with van der Waals surface area (Å²) >= 11 is 6.46. The van der Waals surface area contributed by atoms with Crippen LogP contribution in [0, 0.1) is 11.2 Å². The number of fused-ring (bicyclic) bond motifs is 1. The Hall–Kier alpha value is -4.28. The van der Waals surface area contributed by atoms with Crippen LogP contribution in [0.25, 0.3) is 10.9 Å². The van der Waals surface area contributed by atoms with Crippen molar-refractivity contribution in [2.45, 2.75) is 6.61 Å². The van der Waals surface area contributed by atoms with Gasteiger partial charge >= 0.3 is 0 Å². The number of anilines is 2. The molecule has 0 radical (unpaired) electrons. The van der Waals surface area contributed by atoms with Crippen LogP contribution >= 0.6 is 11.6 Å². The van der Waals surface area contributed by atoms with Crippen LogP contribution in [0.3, 0.4) is 0 Å². The molecule has 1 aromatic heterocycles. The monoisotopic (exact) mass is 548 g/mol. The molecule has 4 aromatic rings. The number of hydrogen-bond acceptors (Lipinski definition) is 7. The van der Waals surface area contributed by atoms with Crippen molar-refractivity contribution >= 4 is 46.2 Å². The van der Waals surface area contributed by atoms with E-state index in [0.29, 0.717) is 34.4 Å². The zero-order valence-corrected chi connectivity index (χ0v) is 22.7. The zero-order chi connectivity index (χ0) is 27.8. The molecule has 9 nitrogen and oxygen atoms in total. The SMILES string of the molecule is CN(C)CCN(C)C(=N)N/N=C/c1ccc2ncnc(Nc3ccc(OCc4cccc(F)c4)c(Cl)c3)c2c1. The number of benzene rings is 3. The quantitative estimate of drug-likeness (QED) is 0.144. The summed E-state index contributed by atoms with van der Waals surface area (Å²) in [6, 6.07) is 17.3. The average molecular weight is 549 g/mol. The van der Waals surface area contributed by atoms with Crippen LogP contribution in [0.15, 0.2) is 72.1 Å².